The Bertz CT molecular complexity index is 30.5. The van der Waals surface area contributed by atoms with Gasteiger partial charge in [-0.25, -0.2) is 0 Å². The van der Waals surface area contributed by atoms with Gasteiger partial charge >= 0.3 is 43.7 Å². The molecule has 0 aliphatic heterocycles. The number of aliphatic hydroxyl groups is 1. The van der Waals surface area contributed by atoms with E-state index in [1.807, 2.05) is 0 Å². The number of hydrogen-bond donors (Lipinski definition) is 1. The molecule has 0 saturated carbocycles. The molecule has 0 bridgehead atoms. The van der Waals surface area contributed by atoms with Crippen LogP contribution < -0.4 is 0 Å². The van der Waals surface area contributed by atoms with E-state index in [9.17, 15) is 0 Å². The average Bonchev–Trinajstić information content (AvgIpc) is 1.65. The number of halogens is 4. The summed E-state index contributed by atoms with van der Waals surface area (Å²) in [5.41, 5.74) is 0. The molecule has 0 aliphatic carbocycles. The van der Waals surface area contributed by atoms with Crippen LogP contribution in [-0.4, -0.2) is 17.6 Å². The summed E-state index contributed by atoms with van der Waals surface area (Å²) in [6.07, 6.45) is 0. The Morgan fingerprint density at radius 3 is 1.38 bits per heavy atom. The Kier molecular flexibility index (Phi) is 18.6. The summed E-state index contributed by atoms with van der Waals surface area (Å²) in [5.74, 6) is 0.347. The van der Waals surface area contributed by atoms with E-state index >= 15 is 0 Å². The molecule has 1 nitrogen and oxygen atoms in total. The molecule has 0 rings (SSSR count). The summed E-state index contributed by atoms with van der Waals surface area (Å²) in [5, 5.41) is 7.74. The Labute approximate surface area is 72.2 Å². The number of rotatable bonds is 1. The number of hydrogen-bond acceptors (Lipinski definition) is 1. The summed E-state index contributed by atoms with van der Waals surface area (Å²) in [7, 11) is 15.0. The fourth-order valence-corrected chi connectivity index (χ4v) is 0. The number of aliphatic hydroxyl groups excluding tert-OH is 1. The van der Waals surface area contributed by atoms with Crippen LogP contribution in [0.1, 0.15) is 0 Å². The Morgan fingerprint density at radius 1 is 1.25 bits per heavy atom. The Balaban J connectivity index is 0. The molecule has 0 fully saturated rings. The zero-order valence-corrected chi connectivity index (χ0v) is 9.36. The van der Waals surface area contributed by atoms with Gasteiger partial charge in [-0.1, -0.05) is 0 Å². The van der Waals surface area contributed by atoms with E-state index < -0.39 is 18.2 Å². The monoisotopic (exact) mass is 275 g/mol. The van der Waals surface area contributed by atoms with Crippen LogP contribution >= 0.6 is 37.1 Å². The van der Waals surface area contributed by atoms with Crippen molar-refractivity contribution in [2.24, 2.45) is 0 Å². The van der Waals surface area contributed by atoms with Crippen molar-refractivity contribution >= 4 is 37.1 Å². The normalized spacial score (nSPS) is 7.12. The average molecular weight is 278 g/mol. The molecule has 0 amide bonds. The molecule has 0 spiro atoms. The molecule has 8 heavy (non-hydrogen) atoms. The second kappa shape index (κ2) is 11.8. The van der Waals surface area contributed by atoms with Gasteiger partial charge in [-0.2, -0.15) is 0 Å². The second-order valence-electron chi connectivity index (χ2n) is 0.627. The molecule has 1 N–H and O–H groups in total. The molecule has 0 radical (unpaired) electrons. The van der Waals surface area contributed by atoms with Crippen LogP contribution in [0.15, 0.2) is 0 Å². The number of alkyl halides is 1. The molecule has 0 heterocycles. The topological polar surface area (TPSA) is 20.2 Å². The molecule has 6 heteroatoms. The van der Waals surface area contributed by atoms with Gasteiger partial charge in [0.2, 0.25) is 0 Å². The van der Waals surface area contributed by atoms with Crippen LogP contribution in [-0.2, 0) is 18.2 Å². The van der Waals surface area contributed by atoms with E-state index in [-0.39, 0.29) is 6.61 Å². The molecule has 0 atom stereocenters. The van der Waals surface area contributed by atoms with Gasteiger partial charge in [-0.3, -0.25) is 0 Å². The van der Waals surface area contributed by atoms with Crippen molar-refractivity contribution in [1.82, 2.24) is 0 Å². The van der Waals surface area contributed by atoms with E-state index in [1.165, 1.54) is 0 Å². The predicted molar refractivity (Wildman–Crippen MR) is 35.4 cm³/mol. The van der Waals surface area contributed by atoms with Crippen LogP contribution in [0.2, 0.25) is 0 Å². The van der Waals surface area contributed by atoms with Crippen LogP contribution in [0.4, 0.5) is 0 Å². The third-order valence-corrected chi connectivity index (χ3v) is 0.254. The van der Waals surface area contributed by atoms with Crippen LogP contribution in [0.5, 0.6) is 0 Å². The summed E-state index contributed by atoms with van der Waals surface area (Å²) in [6.45, 7) is 0.0849. The van der Waals surface area contributed by atoms with Crippen molar-refractivity contribution in [2.75, 3.05) is 12.5 Å². The fraction of sp³-hybridized carbons (Fsp3) is 1.00. The van der Waals surface area contributed by atoms with Gasteiger partial charge in [0, 0.05) is 5.88 Å². The van der Waals surface area contributed by atoms with E-state index in [1.54, 1.807) is 0 Å². The Hall–Kier alpha value is 2.00. The van der Waals surface area contributed by atoms with Gasteiger partial charge in [0.25, 0.3) is 0 Å². The van der Waals surface area contributed by atoms with Crippen molar-refractivity contribution < 1.29 is 23.3 Å². The molecule has 0 unspecified atom stereocenters. The third kappa shape index (κ3) is 43.5. The third-order valence-electron chi connectivity index (χ3n) is 0.0845. The second-order valence-corrected chi connectivity index (χ2v) is 12.2. The van der Waals surface area contributed by atoms with Crippen molar-refractivity contribution in [2.45, 2.75) is 0 Å². The molecule has 0 saturated heterocycles. The Morgan fingerprint density at radius 2 is 1.38 bits per heavy atom. The van der Waals surface area contributed by atoms with Crippen molar-refractivity contribution in [3.8, 4) is 0 Å². The molecular formula is C2H5Cl4OZr. The van der Waals surface area contributed by atoms with Gasteiger partial charge in [-0.15, -0.1) is 11.6 Å². The first-order valence-electron chi connectivity index (χ1n) is 1.65. The first kappa shape index (κ1) is 12.7. The minimum atomic E-state index is -2.13. The molecule has 0 aromatic carbocycles. The zero-order valence-electron chi connectivity index (χ0n) is 3.87. The molecule has 51 valence electrons. The first-order chi connectivity index (χ1) is 3.65. The van der Waals surface area contributed by atoms with E-state index in [2.05, 4.69) is 0 Å². The predicted octanol–water partition coefficient (Wildman–Crippen LogP) is 2.28. The minimum absolute atomic E-state index is 0.0849. The fourth-order valence-electron chi connectivity index (χ4n) is 0. The SMILES string of the molecule is OCCCl.[Cl][Zr]([Cl])[Cl]. The van der Waals surface area contributed by atoms with Crippen molar-refractivity contribution in [1.29, 1.82) is 0 Å². The maximum atomic E-state index is 7.74. The van der Waals surface area contributed by atoms with E-state index in [4.69, 9.17) is 42.2 Å². The maximum absolute atomic E-state index is 7.74. The van der Waals surface area contributed by atoms with Crippen LogP contribution in [0.25, 0.3) is 0 Å². The van der Waals surface area contributed by atoms with Gasteiger partial charge in [0.1, 0.15) is 0 Å². The van der Waals surface area contributed by atoms with Crippen molar-refractivity contribution in [3.63, 3.8) is 0 Å². The van der Waals surface area contributed by atoms with Crippen LogP contribution in [0, 0.1) is 0 Å². The van der Waals surface area contributed by atoms with Crippen LogP contribution in [0.3, 0.4) is 0 Å². The van der Waals surface area contributed by atoms with E-state index in [0.717, 1.165) is 0 Å². The summed E-state index contributed by atoms with van der Waals surface area (Å²) >= 11 is 2.81. The molecule has 0 aromatic heterocycles. The van der Waals surface area contributed by atoms with Gasteiger partial charge in [0.15, 0.2) is 0 Å². The summed E-state index contributed by atoms with van der Waals surface area (Å²) in [6, 6.07) is 0. The van der Waals surface area contributed by atoms with Gasteiger partial charge < -0.3 is 5.11 Å². The molecular weight excluding hydrogens is 273 g/mol. The summed E-state index contributed by atoms with van der Waals surface area (Å²) < 4.78 is 0. The quantitative estimate of drug-likeness (QED) is 0.730. The summed E-state index contributed by atoms with van der Waals surface area (Å²) in [4.78, 5) is 0. The van der Waals surface area contributed by atoms with Crippen molar-refractivity contribution in [3.05, 3.63) is 0 Å². The van der Waals surface area contributed by atoms with Gasteiger partial charge in [-0.05, 0) is 0 Å². The zero-order chi connectivity index (χ0) is 6.99. The van der Waals surface area contributed by atoms with E-state index in [0.29, 0.717) is 5.88 Å². The van der Waals surface area contributed by atoms with Gasteiger partial charge in [0.05, 0.1) is 6.61 Å². The molecule has 0 aromatic rings. The molecule has 0 aliphatic rings. The standard InChI is InChI=1S/C2H5ClO.3ClH.Zr/c3-1-2-4;;;;/h4H,1-2H2;3*1H;/q;;;;+3/p-3. The first-order valence-corrected chi connectivity index (χ1v) is 11.7.